The molecular weight excluding hydrogens is 240 g/mol. The predicted molar refractivity (Wildman–Crippen MR) is 75.8 cm³/mol. The molecule has 2 fully saturated rings. The second-order valence-electron chi connectivity index (χ2n) is 6.21. The molecule has 0 bridgehead atoms. The lowest BCUT2D eigenvalue weighted by molar-refractivity contribution is 0.0372. The van der Waals surface area contributed by atoms with Gasteiger partial charge in [0.05, 0.1) is 24.4 Å². The zero-order valence-electron chi connectivity index (χ0n) is 12.2. The molecule has 1 aliphatic carbocycles. The highest BCUT2D eigenvalue weighted by Gasteiger charge is 2.46. The van der Waals surface area contributed by atoms with E-state index >= 15 is 0 Å². The van der Waals surface area contributed by atoms with Crippen molar-refractivity contribution >= 4 is 0 Å². The third-order valence-corrected chi connectivity index (χ3v) is 4.56. The summed E-state index contributed by atoms with van der Waals surface area (Å²) in [5.41, 5.74) is 0. The number of ether oxygens (including phenoxy) is 1. The van der Waals surface area contributed by atoms with Crippen LogP contribution in [0.4, 0.5) is 0 Å². The molecule has 2 aliphatic rings. The third kappa shape index (κ3) is 3.80. The largest absolute Gasteiger partial charge is 0.392 e. The van der Waals surface area contributed by atoms with E-state index in [0.717, 1.165) is 25.7 Å². The highest BCUT2D eigenvalue weighted by Crippen LogP contribution is 2.43. The monoisotopic (exact) mass is 268 g/mol. The van der Waals surface area contributed by atoms with Gasteiger partial charge in [-0.05, 0) is 25.7 Å². The summed E-state index contributed by atoms with van der Waals surface area (Å²) in [7, 11) is 0. The number of hydrogen-bond acceptors (Lipinski definition) is 3. The molecule has 1 unspecified atom stereocenters. The van der Waals surface area contributed by atoms with Crippen LogP contribution in [0.15, 0.2) is 12.2 Å². The fraction of sp³-hybridized carbons (Fsp3) is 0.875. The lowest BCUT2D eigenvalue weighted by Crippen LogP contribution is -2.18. The first-order chi connectivity index (χ1) is 9.11. The second-order valence-corrected chi connectivity index (χ2v) is 6.21. The molecular formula is C16H28O3. The molecule has 1 saturated heterocycles. The molecule has 2 rings (SSSR count). The minimum Gasteiger partial charge on any atom is -0.392 e. The zero-order valence-corrected chi connectivity index (χ0v) is 12.2. The lowest BCUT2D eigenvalue weighted by atomic mass is 9.90. The Morgan fingerprint density at radius 2 is 2.11 bits per heavy atom. The van der Waals surface area contributed by atoms with E-state index in [0.29, 0.717) is 12.0 Å². The topological polar surface area (TPSA) is 49.7 Å². The van der Waals surface area contributed by atoms with Crippen LogP contribution in [-0.4, -0.2) is 34.6 Å². The summed E-state index contributed by atoms with van der Waals surface area (Å²) < 4.78 is 5.82. The predicted octanol–water partition coefficient (Wildman–Crippen LogP) is 2.66. The summed E-state index contributed by atoms with van der Waals surface area (Å²) in [5, 5.41) is 20.0. The van der Waals surface area contributed by atoms with E-state index in [4.69, 9.17) is 4.74 Å². The quantitative estimate of drug-likeness (QED) is 0.575. The van der Waals surface area contributed by atoms with Gasteiger partial charge in [-0.2, -0.15) is 0 Å². The molecule has 0 aromatic carbocycles. The van der Waals surface area contributed by atoms with Crippen molar-refractivity contribution in [3.05, 3.63) is 12.2 Å². The maximum Gasteiger partial charge on any atom is 0.0721 e. The SMILES string of the molecule is CCCCC[C@H](O)/C=C/[C@@H]1[C@H]2CC(C)O[C@H]2C[C@H]1O. The number of aliphatic hydroxyl groups excluding tert-OH is 2. The average Bonchev–Trinajstić information content (AvgIpc) is 2.82. The van der Waals surface area contributed by atoms with E-state index < -0.39 is 0 Å². The molecule has 1 heterocycles. The van der Waals surface area contributed by atoms with Crippen LogP contribution in [0.1, 0.15) is 52.4 Å². The molecule has 0 amide bonds. The summed E-state index contributed by atoms with van der Waals surface area (Å²) in [4.78, 5) is 0. The molecule has 1 aliphatic heterocycles. The van der Waals surface area contributed by atoms with E-state index in [1.807, 2.05) is 12.2 Å². The molecule has 0 spiro atoms. The van der Waals surface area contributed by atoms with Crippen LogP contribution in [0.25, 0.3) is 0 Å². The van der Waals surface area contributed by atoms with Crippen LogP contribution < -0.4 is 0 Å². The fourth-order valence-corrected chi connectivity index (χ4v) is 3.53. The number of fused-ring (bicyclic) bond motifs is 1. The first-order valence-corrected chi connectivity index (χ1v) is 7.81. The van der Waals surface area contributed by atoms with Crippen molar-refractivity contribution in [1.82, 2.24) is 0 Å². The van der Waals surface area contributed by atoms with Crippen molar-refractivity contribution in [1.29, 1.82) is 0 Å². The van der Waals surface area contributed by atoms with Gasteiger partial charge in [-0.1, -0.05) is 38.3 Å². The van der Waals surface area contributed by atoms with Crippen molar-refractivity contribution in [2.75, 3.05) is 0 Å². The van der Waals surface area contributed by atoms with Gasteiger partial charge >= 0.3 is 0 Å². The average molecular weight is 268 g/mol. The second kappa shape index (κ2) is 6.87. The smallest absolute Gasteiger partial charge is 0.0721 e. The lowest BCUT2D eigenvalue weighted by Gasteiger charge is -2.17. The zero-order chi connectivity index (χ0) is 13.8. The van der Waals surface area contributed by atoms with E-state index in [-0.39, 0.29) is 24.2 Å². The van der Waals surface area contributed by atoms with Gasteiger partial charge in [0.2, 0.25) is 0 Å². The number of rotatable bonds is 6. The van der Waals surface area contributed by atoms with Gasteiger partial charge in [0, 0.05) is 12.3 Å². The van der Waals surface area contributed by atoms with Gasteiger partial charge in [0.25, 0.3) is 0 Å². The Labute approximate surface area is 116 Å². The third-order valence-electron chi connectivity index (χ3n) is 4.56. The molecule has 2 N–H and O–H groups in total. The summed E-state index contributed by atoms with van der Waals surface area (Å²) in [6.45, 7) is 4.27. The van der Waals surface area contributed by atoms with Gasteiger partial charge in [-0.15, -0.1) is 0 Å². The molecule has 6 atom stereocenters. The summed E-state index contributed by atoms with van der Waals surface area (Å²) >= 11 is 0. The molecule has 0 radical (unpaired) electrons. The number of aliphatic hydroxyl groups is 2. The number of hydrogen-bond donors (Lipinski definition) is 2. The van der Waals surface area contributed by atoms with Gasteiger partial charge in [-0.3, -0.25) is 0 Å². The van der Waals surface area contributed by atoms with Crippen molar-refractivity contribution in [3.8, 4) is 0 Å². The Bertz CT molecular complexity index is 302. The maximum absolute atomic E-state index is 10.1. The van der Waals surface area contributed by atoms with E-state index in [1.54, 1.807) is 0 Å². The van der Waals surface area contributed by atoms with Crippen molar-refractivity contribution in [2.45, 2.75) is 76.8 Å². The normalized spacial score (nSPS) is 39.9. The van der Waals surface area contributed by atoms with Crippen molar-refractivity contribution in [3.63, 3.8) is 0 Å². The maximum atomic E-state index is 10.1. The molecule has 0 aromatic heterocycles. The van der Waals surface area contributed by atoms with Crippen LogP contribution in [0.5, 0.6) is 0 Å². The molecule has 3 heteroatoms. The van der Waals surface area contributed by atoms with E-state index in [1.165, 1.54) is 12.8 Å². The molecule has 110 valence electrons. The van der Waals surface area contributed by atoms with Crippen LogP contribution in [0.2, 0.25) is 0 Å². The van der Waals surface area contributed by atoms with E-state index in [9.17, 15) is 10.2 Å². The summed E-state index contributed by atoms with van der Waals surface area (Å²) in [5.74, 6) is 0.597. The van der Waals surface area contributed by atoms with E-state index in [2.05, 4.69) is 13.8 Å². The van der Waals surface area contributed by atoms with Crippen molar-refractivity contribution < 1.29 is 14.9 Å². The Morgan fingerprint density at radius 3 is 2.84 bits per heavy atom. The van der Waals surface area contributed by atoms with Crippen LogP contribution in [0.3, 0.4) is 0 Å². The van der Waals surface area contributed by atoms with Crippen LogP contribution in [-0.2, 0) is 4.74 Å². The van der Waals surface area contributed by atoms with Gasteiger partial charge in [0.15, 0.2) is 0 Å². The first-order valence-electron chi connectivity index (χ1n) is 7.81. The summed E-state index contributed by atoms with van der Waals surface area (Å²) in [6, 6.07) is 0. The van der Waals surface area contributed by atoms with Crippen molar-refractivity contribution in [2.24, 2.45) is 11.8 Å². The Kier molecular flexibility index (Phi) is 5.43. The van der Waals surface area contributed by atoms with Crippen LogP contribution >= 0.6 is 0 Å². The first kappa shape index (κ1) is 15.0. The Balaban J connectivity index is 1.83. The minimum atomic E-state index is -0.363. The number of unbranched alkanes of at least 4 members (excludes halogenated alkanes) is 2. The molecule has 1 saturated carbocycles. The Hall–Kier alpha value is -0.380. The Morgan fingerprint density at radius 1 is 1.32 bits per heavy atom. The molecule has 0 aromatic rings. The summed E-state index contributed by atoms with van der Waals surface area (Å²) in [6.07, 6.45) is 9.81. The standard InChI is InChI=1S/C16H28O3/c1-3-4-5-6-12(17)7-8-13-14-9-11(2)19-16(14)10-15(13)18/h7-8,11-18H,3-6,9-10H2,1-2H3/b8-7+/t11?,12-,13+,14+,15+,16-/m0/s1. The fourth-order valence-electron chi connectivity index (χ4n) is 3.53. The highest BCUT2D eigenvalue weighted by molar-refractivity contribution is 5.06. The highest BCUT2D eigenvalue weighted by atomic mass is 16.5. The van der Waals surface area contributed by atoms with Gasteiger partial charge in [-0.25, -0.2) is 0 Å². The molecule has 19 heavy (non-hydrogen) atoms. The van der Waals surface area contributed by atoms with Gasteiger partial charge < -0.3 is 14.9 Å². The van der Waals surface area contributed by atoms with Crippen LogP contribution in [0, 0.1) is 11.8 Å². The molecule has 3 nitrogen and oxygen atoms in total. The minimum absolute atomic E-state index is 0.163. The van der Waals surface area contributed by atoms with Gasteiger partial charge in [0.1, 0.15) is 0 Å².